The quantitative estimate of drug-likeness (QED) is 0.401. The first-order chi connectivity index (χ1) is 13.7. The van der Waals surface area contributed by atoms with Crippen LogP contribution < -0.4 is 5.32 Å². The van der Waals surface area contributed by atoms with Crippen LogP contribution in [0.2, 0.25) is 0 Å². The van der Waals surface area contributed by atoms with E-state index in [1.54, 1.807) is 0 Å². The van der Waals surface area contributed by atoms with Crippen molar-refractivity contribution in [1.29, 1.82) is 0 Å². The third-order valence-corrected chi connectivity index (χ3v) is 4.88. The molecular formula is C22H17N5O. The van der Waals surface area contributed by atoms with E-state index in [0.717, 1.165) is 38.9 Å². The summed E-state index contributed by atoms with van der Waals surface area (Å²) in [5.41, 5.74) is 5.39. The Kier molecular flexibility index (Phi) is 3.69. The number of nitrogens with one attached hydrogen (secondary N) is 3. The van der Waals surface area contributed by atoms with E-state index < -0.39 is 0 Å². The molecule has 0 radical (unpaired) electrons. The van der Waals surface area contributed by atoms with E-state index in [9.17, 15) is 4.79 Å². The van der Waals surface area contributed by atoms with Gasteiger partial charge in [-0.15, -0.1) is 0 Å². The number of anilines is 2. The standard InChI is InChI=1S/C22H17N5O/c1-13-17-12-14(10-11-20(17)25-24-13)23-18-8-4-3-7-16(18)22(28)21-15-6-2-5-9-19(15)26-27-21/h2-12,23H,1H3,(H,24,25)(H,26,27). The number of benzene rings is 3. The third kappa shape index (κ3) is 2.63. The average molecular weight is 367 g/mol. The van der Waals surface area contributed by atoms with E-state index in [1.165, 1.54) is 0 Å². The third-order valence-electron chi connectivity index (χ3n) is 4.88. The van der Waals surface area contributed by atoms with Crippen LogP contribution in [0.5, 0.6) is 0 Å². The van der Waals surface area contributed by atoms with Gasteiger partial charge < -0.3 is 5.32 Å². The summed E-state index contributed by atoms with van der Waals surface area (Å²) in [5.74, 6) is -0.124. The zero-order valence-electron chi connectivity index (χ0n) is 15.2. The highest BCUT2D eigenvalue weighted by atomic mass is 16.1. The second-order valence-corrected chi connectivity index (χ2v) is 6.70. The topological polar surface area (TPSA) is 86.5 Å². The summed E-state index contributed by atoms with van der Waals surface area (Å²) in [7, 11) is 0. The van der Waals surface area contributed by atoms with Crippen LogP contribution >= 0.6 is 0 Å². The van der Waals surface area contributed by atoms with Crippen LogP contribution in [0, 0.1) is 6.92 Å². The normalized spacial score (nSPS) is 11.2. The summed E-state index contributed by atoms with van der Waals surface area (Å²) >= 11 is 0. The molecule has 0 aliphatic carbocycles. The van der Waals surface area contributed by atoms with E-state index in [4.69, 9.17) is 0 Å². The minimum atomic E-state index is -0.124. The Bertz CT molecular complexity index is 1330. The Morgan fingerprint density at radius 3 is 2.64 bits per heavy atom. The SMILES string of the molecule is Cc1[nH]nc2ccc(Nc3ccccc3C(=O)c3n[nH]c4ccccc34)cc12. The van der Waals surface area contributed by atoms with Crippen molar-refractivity contribution in [3.63, 3.8) is 0 Å². The van der Waals surface area contributed by atoms with Crippen LogP contribution in [0.4, 0.5) is 11.4 Å². The van der Waals surface area contributed by atoms with Crippen LogP contribution in [0.1, 0.15) is 21.7 Å². The highest BCUT2D eigenvalue weighted by Crippen LogP contribution is 2.27. The Morgan fingerprint density at radius 1 is 0.893 bits per heavy atom. The molecule has 5 rings (SSSR count). The fourth-order valence-electron chi connectivity index (χ4n) is 3.43. The number of aromatic nitrogens is 4. The molecule has 0 aliphatic rings. The molecule has 6 nitrogen and oxygen atoms in total. The lowest BCUT2D eigenvalue weighted by Crippen LogP contribution is -2.06. The van der Waals surface area contributed by atoms with Gasteiger partial charge in [-0.25, -0.2) is 0 Å². The number of ketones is 1. The van der Waals surface area contributed by atoms with E-state index in [-0.39, 0.29) is 5.78 Å². The van der Waals surface area contributed by atoms with Gasteiger partial charge in [-0.1, -0.05) is 30.3 Å². The van der Waals surface area contributed by atoms with Gasteiger partial charge in [0, 0.05) is 33.4 Å². The van der Waals surface area contributed by atoms with Crippen LogP contribution in [-0.4, -0.2) is 26.2 Å². The molecule has 0 amide bonds. The van der Waals surface area contributed by atoms with E-state index in [0.29, 0.717) is 11.3 Å². The molecule has 0 atom stereocenters. The zero-order valence-corrected chi connectivity index (χ0v) is 15.2. The fraction of sp³-hybridized carbons (Fsp3) is 0.0455. The molecule has 6 heteroatoms. The summed E-state index contributed by atoms with van der Waals surface area (Å²) in [4.78, 5) is 13.2. The van der Waals surface area contributed by atoms with Crippen molar-refractivity contribution >= 4 is 39.0 Å². The number of aromatic amines is 2. The second kappa shape index (κ2) is 6.35. The summed E-state index contributed by atoms with van der Waals surface area (Å²) in [6, 6.07) is 21.0. The number of hydrogen-bond acceptors (Lipinski definition) is 4. The molecule has 0 bridgehead atoms. The predicted molar refractivity (Wildman–Crippen MR) is 110 cm³/mol. The van der Waals surface area contributed by atoms with E-state index in [1.807, 2.05) is 73.7 Å². The summed E-state index contributed by atoms with van der Waals surface area (Å²) < 4.78 is 0. The average Bonchev–Trinajstić information content (AvgIpc) is 3.32. The number of H-pyrrole nitrogens is 2. The van der Waals surface area contributed by atoms with Gasteiger partial charge in [-0.05, 0) is 43.3 Å². The van der Waals surface area contributed by atoms with Crippen LogP contribution in [0.3, 0.4) is 0 Å². The molecule has 3 aromatic carbocycles. The lowest BCUT2D eigenvalue weighted by Gasteiger charge is -2.11. The molecule has 0 unspecified atom stereocenters. The number of rotatable bonds is 4. The molecule has 3 N–H and O–H groups in total. The van der Waals surface area contributed by atoms with Crippen molar-refractivity contribution in [2.24, 2.45) is 0 Å². The number of nitrogens with zero attached hydrogens (tertiary/aromatic N) is 2. The number of para-hydroxylation sites is 2. The Balaban J connectivity index is 1.55. The monoisotopic (exact) mass is 367 g/mol. The molecular weight excluding hydrogens is 350 g/mol. The Labute approximate surface area is 160 Å². The van der Waals surface area contributed by atoms with Crippen molar-refractivity contribution in [3.8, 4) is 0 Å². The van der Waals surface area contributed by atoms with Gasteiger partial charge in [0.05, 0.1) is 11.0 Å². The van der Waals surface area contributed by atoms with Gasteiger partial charge in [0.25, 0.3) is 0 Å². The molecule has 2 heterocycles. The maximum atomic E-state index is 13.2. The molecule has 136 valence electrons. The minimum Gasteiger partial charge on any atom is -0.355 e. The van der Waals surface area contributed by atoms with Crippen molar-refractivity contribution in [3.05, 3.63) is 83.7 Å². The highest BCUT2D eigenvalue weighted by Gasteiger charge is 2.19. The molecule has 0 aliphatic heterocycles. The largest absolute Gasteiger partial charge is 0.355 e. The maximum Gasteiger partial charge on any atom is 0.215 e. The number of carbonyl (C=O) groups is 1. The van der Waals surface area contributed by atoms with Crippen LogP contribution in [-0.2, 0) is 0 Å². The lowest BCUT2D eigenvalue weighted by molar-refractivity contribution is 0.103. The Hall–Kier alpha value is -3.93. The zero-order chi connectivity index (χ0) is 19.1. The molecule has 5 aromatic rings. The van der Waals surface area contributed by atoms with Gasteiger partial charge in [0.2, 0.25) is 5.78 Å². The van der Waals surface area contributed by atoms with Gasteiger partial charge in [0.15, 0.2) is 0 Å². The highest BCUT2D eigenvalue weighted by molar-refractivity contribution is 6.17. The summed E-state index contributed by atoms with van der Waals surface area (Å²) in [6.07, 6.45) is 0. The van der Waals surface area contributed by atoms with Crippen molar-refractivity contribution in [2.75, 3.05) is 5.32 Å². The smallest absolute Gasteiger partial charge is 0.215 e. The first-order valence-corrected chi connectivity index (χ1v) is 8.99. The number of fused-ring (bicyclic) bond motifs is 2. The van der Waals surface area contributed by atoms with Gasteiger partial charge in [-0.3, -0.25) is 15.0 Å². The number of aryl methyl sites for hydroxylation is 1. The Morgan fingerprint density at radius 2 is 1.71 bits per heavy atom. The number of carbonyl (C=O) groups excluding carboxylic acids is 1. The van der Waals surface area contributed by atoms with E-state index in [2.05, 4.69) is 25.7 Å². The van der Waals surface area contributed by atoms with Gasteiger partial charge >= 0.3 is 0 Å². The predicted octanol–water partition coefficient (Wildman–Crippen LogP) is 4.72. The van der Waals surface area contributed by atoms with Crippen molar-refractivity contribution in [2.45, 2.75) is 6.92 Å². The first kappa shape index (κ1) is 16.3. The first-order valence-electron chi connectivity index (χ1n) is 8.99. The van der Waals surface area contributed by atoms with Gasteiger partial charge in [-0.2, -0.15) is 10.2 Å². The van der Waals surface area contributed by atoms with Crippen LogP contribution in [0.15, 0.2) is 66.7 Å². The molecule has 0 spiro atoms. The molecule has 0 saturated carbocycles. The lowest BCUT2D eigenvalue weighted by atomic mass is 10.0. The molecule has 2 aromatic heterocycles. The summed E-state index contributed by atoms with van der Waals surface area (Å²) in [5, 5.41) is 19.7. The molecule has 28 heavy (non-hydrogen) atoms. The van der Waals surface area contributed by atoms with E-state index >= 15 is 0 Å². The minimum absolute atomic E-state index is 0.124. The molecule has 0 saturated heterocycles. The maximum absolute atomic E-state index is 13.2. The number of hydrogen-bond donors (Lipinski definition) is 3. The second-order valence-electron chi connectivity index (χ2n) is 6.70. The van der Waals surface area contributed by atoms with Crippen molar-refractivity contribution in [1.82, 2.24) is 20.4 Å². The van der Waals surface area contributed by atoms with Crippen molar-refractivity contribution < 1.29 is 4.79 Å². The molecule has 0 fully saturated rings. The fourth-order valence-corrected chi connectivity index (χ4v) is 3.43. The summed E-state index contributed by atoms with van der Waals surface area (Å²) in [6.45, 7) is 1.99. The van der Waals surface area contributed by atoms with Gasteiger partial charge in [0.1, 0.15) is 5.69 Å². The van der Waals surface area contributed by atoms with Crippen LogP contribution in [0.25, 0.3) is 21.8 Å².